The SMILES string of the molecule is Cc1occc1C(=O)NC(C)(CN)C(C)C. The van der Waals surface area contributed by atoms with Gasteiger partial charge in [0.2, 0.25) is 0 Å². The van der Waals surface area contributed by atoms with Crippen molar-refractivity contribution in [2.45, 2.75) is 33.2 Å². The molecule has 1 atom stereocenters. The lowest BCUT2D eigenvalue weighted by molar-refractivity contribution is 0.0881. The summed E-state index contributed by atoms with van der Waals surface area (Å²) >= 11 is 0. The van der Waals surface area contributed by atoms with Gasteiger partial charge in [0.25, 0.3) is 5.91 Å². The van der Waals surface area contributed by atoms with Crippen LogP contribution in [0.3, 0.4) is 0 Å². The van der Waals surface area contributed by atoms with E-state index in [0.29, 0.717) is 17.9 Å². The third kappa shape index (κ3) is 2.44. The molecule has 1 heterocycles. The molecule has 16 heavy (non-hydrogen) atoms. The average Bonchev–Trinajstić information content (AvgIpc) is 2.64. The van der Waals surface area contributed by atoms with Gasteiger partial charge >= 0.3 is 0 Å². The first-order chi connectivity index (χ1) is 7.40. The van der Waals surface area contributed by atoms with E-state index in [2.05, 4.69) is 5.32 Å². The lowest BCUT2D eigenvalue weighted by Gasteiger charge is -2.33. The fraction of sp³-hybridized carbons (Fsp3) is 0.583. The first-order valence-corrected chi connectivity index (χ1v) is 5.47. The molecule has 0 saturated heterocycles. The van der Waals surface area contributed by atoms with Crippen LogP contribution in [-0.2, 0) is 0 Å². The van der Waals surface area contributed by atoms with Crippen LogP contribution in [0.1, 0.15) is 36.9 Å². The molecule has 1 rings (SSSR count). The summed E-state index contributed by atoms with van der Waals surface area (Å²) in [4.78, 5) is 12.0. The Hall–Kier alpha value is -1.29. The Labute approximate surface area is 96.2 Å². The molecular weight excluding hydrogens is 204 g/mol. The Kier molecular flexibility index (Phi) is 3.75. The van der Waals surface area contributed by atoms with E-state index in [0.717, 1.165) is 0 Å². The van der Waals surface area contributed by atoms with Gasteiger partial charge in [-0.05, 0) is 25.8 Å². The largest absolute Gasteiger partial charge is 0.469 e. The second-order valence-electron chi connectivity index (χ2n) is 4.62. The van der Waals surface area contributed by atoms with Crippen LogP contribution < -0.4 is 11.1 Å². The molecule has 1 amide bonds. The fourth-order valence-corrected chi connectivity index (χ4v) is 1.38. The smallest absolute Gasteiger partial charge is 0.255 e. The van der Waals surface area contributed by atoms with Crippen LogP contribution in [0.15, 0.2) is 16.7 Å². The minimum absolute atomic E-state index is 0.132. The van der Waals surface area contributed by atoms with Crippen molar-refractivity contribution in [3.8, 4) is 0 Å². The number of hydrogen-bond donors (Lipinski definition) is 2. The van der Waals surface area contributed by atoms with Gasteiger partial charge in [-0.2, -0.15) is 0 Å². The number of amides is 1. The summed E-state index contributed by atoms with van der Waals surface area (Å²) in [5, 5.41) is 2.96. The van der Waals surface area contributed by atoms with Gasteiger partial charge in [0.05, 0.1) is 17.4 Å². The number of carbonyl (C=O) groups is 1. The lowest BCUT2D eigenvalue weighted by Crippen LogP contribution is -2.55. The fourth-order valence-electron chi connectivity index (χ4n) is 1.38. The highest BCUT2D eigenvalue weighted by molar-refractivity contribution is 5.95. The Morgan fingerprint density at radius 2 is 2.25 bits per heavy atom. The summed E-state index contributed by atoms with van der Waals surface area (Å²) in [6, 6.07) is 1.67. The zero-order valence-corrected chi connectivity index (χ0v) is 10.3. The maximum atomic E-state index is 12.0. The van der Waals surface area contributed by atoms with Gasteiger partial charge in [0, 0.05) is 6.54 Å². The van der Waals surface area contributed by atoms with Gasteiger partial charge in [-0.25, -0.2) is 0 Å². The quantitative estimate of drug-likeness (QED) is 0.817. The molecule has 0 radical (unpaired) electrons. The lowest BCUT2D eigenvalue weighted by atomic mass is 9.88. The van der Waals surface area contributed by atoms with Crippen molar-refractivity contribution >= 4 is 5.91 Å². The molecule has 4 heteroatoms. The Morgan fingerprint density at radius 1 is 1.62 bits per heavy atom. The van der Waals surface area contributed by atoms with Crippen LogP contribution in [0.25, 0.3) is 0 Å². The minimum Gasteiger partial charge on any atom is -0.469 e. The number of carbonyl (C=O) groups excluding carboxylic acids is 1. The molecule has 0 bridgehead atoms. The molecule has 0 saturated carbocycles. The molecule has 0 aliphatic rings. The van der Waals surface area contributed by atoms with Crippen molar-refractivity contribution in [1.82, 2.24) is 5.32 Å². The standard InChI is InChI=1S/C12H20N2O2/c1-8(2)12(4,7-13)14-11(15)10-5-6-16-9(10)3/h5-6,8H,7,13H2,1-4H3,(H,14,15). The highest BCUT2D eigenvalue weighted by Crippen LogP contribution is 2.17. The van der Waals surface area contributed by atoms with E-state index in [1.165, 1.54) is 6.26 Å². The Balaban J connectivity index is 2.82. The minimum atomic E-state index is -0.388. The molecule has 0 aromatic carbocycles. The van der Waals surface area contributed by atoms with Crippen LogP contribution in [0.2, 0.25) is 0 Å². The molecule has 0 fully saturated rings. The number of nitrogens with two attached hydrogens (primary N) is 1. The van der Waals surface area contributed by atoms with E-state index in [1.54, 1.807) is 13.0 Å². The number of nitrogens with one attached hydrogen (secondary N) is 1. The molecule has 90 valence electrons. The molecule has 1 aromatic rings. The van der Waals surface area contributed by atoms with Crippen molar-refractivity contribution < 1.29 is 9.21 Å². The molecular formula is C12H20N2O2. The van der Waals surface area contributed by atoms with Gasteiger partial charge in [0.15, 0.2) is 0 Å². The summed E-state index contributed by atoms with van der Waals surface area (Å²) in [7, 11) is 0. The van der Waals surface area contributed by atoms with Crippen molar-refractivity contribution in [2.75, 3.05) is 6.54 Å². The summed E-state index contributed by atoms with van der Waals surface area (Å²) in [5.41, 5.74) is 5.89. The van der Waals surface area contributed by atoms with Crippen LogP contribution in [0.5, 0.6) is 0 Å². The first-order valence-electron chi connectivity index (χ1n) is 5.47. The van der Waals surface area contributed by atoms with E-state index in [1.807, 2.05) is 20.8 Å². The van der Waals surface area contributed by atoms with Crippen molar-refractivity contribution in [1.29, 1.82) is 0 Å². The van der Waals surface area contributed by atoms with Gasteiger partial charge in [-0.3, -0.25) is 4.79 Å². The van der Waals surface area contributed by atoms with Crippen molar-refractivity contribution in [3.63, 3.8) is 0 Å². The highest BCUT2D eigenvalue weighted by atomic mass is 16.3. The predicted molar refractivity (Wildman–Crippen MR) is 63.2 cm³/mol. The van der Waals surface area contributed by atoms with Crippen LogP contribution in [-0.4, -0.2) is 18.0 Å². The first kappa shape index (κ1) is 12.8. The predicted octanol–water partition coefficient (Wildman–Crippen LogP) is 1.69. The van der Waals surface area contributed by atoms with Crippen molar-refractivity contribution in [3.05, 3.63) is 23.7 Å². The topological polar surface area (TPSA) is 68.3 Å². The molecule has 1 aromatic heterocycles. The van der Waals surface area contributed by atoms with E-state index in [-0.39, 0.29) is 17.4 Å². The van der Waals surface area contributed by atoms with Crippen molar-refractivity contribution in [2.24, 2.45) is 11.7 Å². The normalized spacial score (nSPS) is 14.9. The molecule has 0 aliphatic carbocycles. The maximum Gasteiger partial charge on any atom is 0.255 e. The Bertz CT molecular complexity index is 371. The summed E-state index contributed by atoms with van der Waals surface area (Å²) < 4.78 is 5.10. The monoisotopic (exact) mass is 224 g/mol. The van der Waals surface area contributed by atoms with Gasteiger partial charge in [-0.15, -0.1) is 0 Å². The second-order valence-corrected chi connectivity index (χ2v) is 4.62. The second kappa shape index (κ2) is 4.70. The van der Waals surface area contributed by atoms with Crippen LogP contribution in [0, 0.1) is 12.8 Å². The van der Waals surface area contributed by atoms with Gasteiger partial charge in [-0.1, -0.05) is 13.8 Å². The number of aryl methyl sites for hydroxylation is 1. The van der Waals surface area contributed by atoms with Gasteiger partial charge in [0.1, 0.15) is 5.76 Å². The maximum absolute atomic E-state index is 12.0. The molecule has 0 aliphatic heterocycles. The van der Waals surface area contributed by atoms with E-state index < -0.39 is 0 Å². The third-order valence-electron chi connectivity index (χ3n) is 3.20. The highest BCUT2D eigenvalue weighted by Gasteiger charge is 2.29. The van der Waals surface area contributed by atoms with Crippen LogP contribution in [0.4, 0.5) is 0 Å². The molecule has 4 nitrogen and oxygen atoms in total. The number of hydrogen-bond acceptors (Lipinski definition) is 3. The zero-order valence-electron chi connectivity index (χ0n) is 10.3. The molecule has 0 spiro atoms. The third-order valence-corrected chi connectivity index (χ3v) is 3.20. The molecule has 3 N–H and O–H groups in total. The average molecular weight is 224 g/mol. The van der Waals surface area contributed by atoms with E-state index >= 15 is 0 Å². The summed E-state index contributed by atoms with van der Waals surface area (Å²) in [6.45, 7) is 8.20. The number of furan rings is 1. The molecule has 1 unspecified atom stereocenters. The number of rotatable bonds is 4. The Morgan fingerprint density at radius 3 is 2.62 bits per heavy atom. The summed E-state index contributed by atoms with van der Waals surface area (Å²) in [6.07, 6.45) is 1.51. The van der Waals surface area contributed by atoms with E-state index in [9.17, 15) is 4.79 Å². The zero-order chi connectivity index (χ0) is 12.3. The summed E-state index contributed by atoms with van der Waals surface area (Å²) in [5.74, 6) is 0.766. The van der Waals surface area contributed by atoms with Crippen LogP contribution >= 0.6 is 0 Å². The van der Waals surface area contributed by atoms with Gasteiger partial charge < -0.3 is 15.5 Å². The van der Waals surface area contributed by atoms with E-state index in [4.69, 9.17) is 10.2 Å².